The number of anilines is 3. The van der Waals surface area contributed by atoms with Gasteiger partial charge in [0.05, 0.1) is 13.2 Å². The minimum absolute atomic E-state index is 0.0446. The van der Waals surface area contributed by atoms with Gasteiger partial charge in [0.15, 0.2) is 0 Å². The van der Waals surface area contributed by atoms with Crippen LogP contribution in [-0.2, 0) is 6.54 Å². The number of hydrogen-bond donors (Lipinski definition) is 3. The van der Waals surface area contributed by atoms with Crippen LogP contribution in [0.4, 0.5) is 22.4 Å². The molecular weight excluding hydrogens is 336 g/mol. The zero-order chi connectivity index (χ0) is 18.7. The van der Waals surface area contributed by atoms with Crippen molar-refractivity contribution in [1.82, 2.24) is 14.9 Å². The van der Waals surface area contributed by atoms with Crippen LogP contribution in [0.1, 0.15) is 5.56 Å². The summed E-state index contributed by atoms with van der Waals surface area (Å²) < 4.78 is 5.22. The van der Waals surface area contributed by atoms with Gasteiger partial charge in [-0.15, -0.1) is 0 Å². The first-order chi connectivity index (χ1) is 12.5. The van der Waals surface area contributed by atoms with Gasteiger partial charge in [0.25, 0.3) is 0 Å². The lowest BCUT2D eigenvalue weighted by Crippen LogP contribution is -2.59. The van der Waals surface area contributed by atoms with Gasteiger partial charge >= 0.3 is 6.09 Å². The van der Waals surface area contributed by atoms with Crippen LogP contribution in [0.3, 0.4) is 0 Å². The van der Waals surface area contributed by atoms with E-state index in [0.717, 1.165) is 11.3 Å². The molecule has 1 fully saturated rings. The number of methoxy groups -OCH3 is 1. The molecular formula is C17H22N6O3. The Morgan fingerprint density at radius 3 is 2.88 bits per heavy atom. The van der Waals surface area contributed by atoms with Crippen LogP contribution in [0.15, 0.2) is 30.3 Å². The van der Waals surface area contributed by atoms with Crippen LogP contribution in [0, 0.1) is 0 Å². The molecule has 1 amide bonds. The molecule has 1 aliphatic heterocycles. The number of hydrogen-bond acceptors (Lipinski definition) is 7. The molecule has 26 heavy (non-hydrogen) atoms. The predicted molar refractivity (Wildman–Crippen MR) is 98.6 cm³/mol. The maximum atomic E-state index is 11.0. The van der Waals surface area contributed by atoms with Crippen LogP contribution >= 0.6 is 0 Å². The molecule has 1 saturated heterocycles. The van der Waals surface area contributed by atoms with E-state index in [1.54, 1.807) is 14.2 Å². The van der Waals surface area contributed by atoms with Crippen LogP contribution in [-0.4, -0.2) is 59.4 Å². The Hall–Kier alpha value is -3.23. The highest BCUT2D eigenvalue weighted by Crippen LogP contribution is 2.24. The number of carbonyl (C=O) groups is 1. The van der Waals surface area contributed by atoms with Gasteiger partial charge in [-0.2, -0.15) is 9.97 Å². The maximum Gasteiger partial charge on any atom is 0.407 e. The topological polar surface area (TPSA) is 117 Å². The Kier molecular flexibility index (Phi) is 4.97. The molecule has 0 bridgehead atoms. The van der Waals surface area contributed by atoms with Crippen LogP contribution in [0.2, 0.25) is 0 Å². The van der Waals surface area contributed by atoms with Gasteiger partial charge in [-0.3, -0.25) is 0 Å². The highest BCUT2D eigenvalue weighted by atomic mass is 16.5. The second-order valence-corrected chi connectivity index (χ2v) is 6.13. The number of nitrogens with two attached hydrogens (primary N) is 1. The Morgan fingerprint density at radius 1 is 1.42 bits per heavy atom. The summed E-state index contributed by atoms with van der Waals surface area (Å²) in [6, 6.07) is 9.51. The highest BCUT2D eigenvalue weighted by molar-refractivity contribution is 5.66. The van der Waals surface area contributed by atoms with Gasteiger partial charge in [-0.25, -0.2) is 4.79 Å². The largest absolute Gasteiger partial charge is 0.497 e. The highest BCUT2D eigenvalue weighted by Gasteiger charge is 2.33. The molecule has 2 heterocycles. The quantitative estimate of drug-likeness (QED) is 0.711. The van der Waals surface area contributed by atoms with E-state index in [1.807, 2.05) is 35.2 Å². The van der Waals surface area contributed by atoms with Gasteiger partial charge in [0, 0.05) is 32.7 Å². The van der Waals surface area contributed by atoms with Crippen molar-refractivity contribution in [3.63, 3.8) is 0 Å². The van der Waals surface area contributed by atoms with Crippen molar-refractivity contribution in [3.05, 3.63) is 35.9 Å². The average molecular weight is 358 g/mol. The van der Waals surface area contributed by atoms with Gasteiger partial charge in [0.1, 0.15) is 17.4 Å². The van der Waals surface area contributed by atoms with Crippen molar-refractivity contribution >= 4 is 23.7 Å². The fourth-order valence-corrected chi connectivity index (χ4v) is 2.72. The lowest BCUT2D eigenvalue weighted by atomic mass is 10.1. The molecule has 1 aromatic carbocycles. The second-order valence-electron chi connectivity index (χ2n) is 6.13. The third kappa shape index (κ3) is 3.88. The van der Waals surface area contributed by atoms with Crippen molar-refractivity contribution < 1.29 is 14.6 Å². The number of amides is 1. The van der Waals surface area contributed by atoms with Gasteiger partial charge in [0.2, 0.25) is 5.95 Å². The molecule has 138 valence electrons. The normalized spacial score (nSPS) is 13.8. The monoisotopic (exact) mass is 358 g/mol. The molecule has 0 radical (unpaired) electrons. The van der Waals surface area contributed by atoms with E-state index in [4.69, 9.17) is 15.6 Å². The molecule has 3 rings (SSSR count). The minimum atomic E-state index is -0.933. The molecule has 1 aliphatic rings. The smallest absolute Gasteiger partial charge is 0.407 e. The number of nitrogens with zero attached hydrogens (tertiary/aromatic N) is 4. The third-order valence-electron chi connectivity index (χ3n) is 4.37. The lowest BCUT2D eigenvalue weighted by molar-refractivity contribution is 0.129. The summed E-state index contributed by atoms with van der Waals surface area (Å²) in [7, 11) is 3.20. The number of carboxylic acid groups (broad SMARTS) is 1. The summed E-state index contributed by atoms with van der Waals surface area (Å²) in [5.74, 6) is 2.26. The first kappa shape index (κ1) is 17.6. The molecule has 9 heteroatoms. The van der Waals surface area contributed by atoms with Crippen molar-refractivity contribution in [3.8, 4) is 5.75 Å². The van der Waals surface area contributed by atoms with Crippen molar-refractivity contribution in [1.29, 1.82) is 0 Å². The summed E-state index contributed by atoms with van der Waals surface area (Å²) >= 11 is 0. The van der Waals surface area contributed by atoms with Crippen LogP contribution in [0.5, 0.6) is 5.75 Å². The van der Waals surface area contributed by atoms with Gasteiger partial charge < -0.3 is 30.7 Å². The molecule has 0 spiro atoms. The van der Waals surface area contributed by atoms with Crippen LogP contribution in [0.25, 0.3) is 0 Å². The van der Waals surface area contributed by atoms with Gasteiger partial charge in [-0.1, -0.05) is 12.1 Å². The zero-order valence-electron chi connectivity index (χ0n) is 14.7. The number of nitrogen functional groups attached to an aromatic ring is 1. The van der Waals surface area contributed by atoms with E-state index in [9.17, 15) is 4.79 Å². The fraction of sp³-hybridized carbons (Fsp3) is 0.353. The molecule has 9 nitrogen and oxygen atoms in total. The third-order valence-corrected chi connectivity index (χ3v) is 4.37. The summed E-state index contributed by atoms with van der Waals surface area (Å²) in [5, 5.41) is 12.3. The van der Waals surface area contributed by atoms with E-state index >= 15 is 0 Å². The number of nitrogens with one attached hydrogen (secondary N) is 1. The average Bonchev–Trinajstić information content (AvgIpc) is 2.58. The van der Waals surface area contributed by atoms with E-state index < -0.39 is 6.09 Å². The molecule has 1 aromatic heterocycles. The van der Waals surface area contributed by atoms with Crippen molar-refractivity contribution in [2.24, 2.45) is 0 Å². The standard InChI is InChI=1S/C17H22N6O3/c1-22(17(24)25)12-9-23(10-12)15-7-14(20-16(18)21-15)19-8-11-4-3-5-13(6-11)26-2/h3-7,12H,8-10H2,1-2H3,(H,24,25)(H3,18,19,20,21). The summed E-state index contributed by atoms with van der Waals surface area (Å²) in [6.45, 7) is 1.72. The van der Waals surface area contributed by atoms with Gasteiger partial charge in [-0.05, 0) is 17.7 Å². The summed E-state index contributed by atoms with van der Waals surface area (Å²) in [6.07, 6.45) is -0.933. The minimum Gasteiger partial charge on any atom is -0.497 e. The molecule has 0 saturated carbocycles. The Bertz CT molecular complexity index is 794. The lowest BCUT2D eigenvalue weighted by Gasteiger charge is -2.43. The molecule has 0 aliphatic carbocycles. The summed E-state index contributed by atoms with van der Waals surface area (Å²) in [5.41, 5.74) is 6.87. The first-order valence-electron chi connectivity index (χ1n) is 8.18. The van der Waals surface area contributed by atoms with Crippen molar-refractivity contribution in [2.45, 2.75) is 12.6 Å². The van der Waals surface area contributed by atoms with E-state index in [0.29, 0.717) is 31.3 Å². The Labute approximate surface area is 151 Å². The number of likely N-dealkylation sites (N-methyl/N-ethyl adjacent to an activating group) is 1. The fourth-order valence-electron chi connectivity index (χ4n) is 2.72. The molecule has 4 N–H and O–H groups in total. The van der Waals surface area contributed by atoms with E-state index in [1.165, 1.54) is 4.90 Å². The van der Waals surface area contributed by atoms with E-state index in [-0.39, 0.29) is 12.0 Å². The van der Waals surface area contributed by atoms with Crippen LogP contribution < -0.4 is 20.7 Å². The number of ether oxygens (including phenoxy) is 1. The predicted octanol–water partition coefficient (Wildman–Crippen LogP) is 1.48. The first-order valence-corrected chi connectivity index (χ1v) is 8.18. The van der Waals surface area contributed by atoms with Crippen molar-refractivity contribution in [2.75, 3.05) is 43.2 Å². The number of benzene rings is 1. The number of rotatable bonds is 6. The SMILES string of the molecule is COc1cccc(CNc2cc(N3CC(N(C)C(=O)O)C3)nc(N)n2)c1. The van der Waals surface area contributed by atoms with E-state index in [2.05, 4.69) is 15.3 Å². The maximum absolute atomic E-state index is 11.0. The Balaban J connectivity index is 1.64. The summed E-state index contributed by atoms with van der Waals surface area (Å²) in [4.78, 5) is 22.7. The molecule has 2 aromatic rings. The Morgan fingerprint density at radius 2 is 2.19 bits per heavy atom. The zero-order valence-corrected chi connectivity index (χ0v) is 14.7. The number of aromatic nitrogens is 2. The molecule has 0 unspecified atom stereocenters. The second kappa shape index (κ2) is 7.34. The molecule has 0 atom stereocenters.